The predicted molar refractivity (Wildman–Crippen MR) is 72.4 cm³/mol. The minimum absolute atomic E-state index is 0.359. The van der Waals surface area contributed by atoms with E-state index in [4.69, 9.17) is 16.3 Å². The van der Waals surface area contributed by atoms with Crippen LogP contribution in [0.1, 0.15) is 12.5 Å². The minimum Gasteiger partial charge on any atom is -0.463 e. The second kappa shape index (κ2) is 5.65. The van der Waals surface area contributed by atoms with Crippen molar-refractivity contribution in [2.24, 2.45) is 0 Å². The number of halogens is 1. The van der Waals surface area contributed by atoms with E-state index < -0.39 is 0 Å². The molecule has 1 aromatic carbocycles. The molecule has 0 saturated heterocycles. The summed E-state index contributed by atoms with van der Waals surface area (Å²) in [5.41, 5.74) is 1.61. The fourth-order valence-corrected chi connectivity index (χ4v) is 1.89. The lowest BCUT2D eigenvalue weighted by atomic mass is 10.1. The Kier molecular flexibility index (Phi) is 3.95. The molecule has 0 aliphatic rings. The van der Waals surface area contributed by atoms with E-state index in [0.29, 0.717) is 11.6 Å². The first-order chi connectivity index (χ1) is 8.70. The topological polar surface area (TPSA) is 39.2 Å². The highest BCUT2D eigenvalue weighted by Crippen LogP contribution is 2.23. The summed E-state index contributed by atoms with van der Waals surface area (Å²) in [4.78, 5) is 15.6. The maximum absolute atomic E-state index is 11.3. The van der Waals surface area contributed by atoms with Gasteiger partial charge in [-0.15, -0.1) is 0 Å². The molecule has 2 aromatic rings. The summed E-state index contributed by atoms with van der Waals surface area (Å²) >= 11 is 6.02. The number of nitrogens with zero attached hydrogens (tertiary/aromatic N) is 1. The highest BCUT2D eigenvalue weighted by molar-refractivity contribution is 6.31. The van der Waals surface area contributed by atoms with E-state index in [9.17, 15) is 4.79 Å². The number of pyridine rings is 1. The van der Waals surface area contributed by atoms with Crippen LogP contribution in [0.15, 0.2) is 36.5 Å². The van der Waals surface area contributed by atoms with Crippen LogP contribution in [0, 0.1) is 0 Å². The number of benzene rings is 1. The Labute approximate surface area is 110 Å². The zero-order chi connectivity index (χ0) is 13.0. The second-order valence-corrected chi connectivity index (χ2v) is 4.09. The quantitative estimate of drug-likeness (QED) is 0.627. The number of hydrogen-bond donors (Lipinski definition) is 0. The molecule has 2 rings (SSSR count). The number of rotatable bonds is 3. The molecule has 0 aliphatic carbocycles. The molecule has 0 radical (unpaired) electrons. The SMILES string of the molecule is CCOC(=O)/C=C/c1cc(Cl)cc2cccnc12. The van der Waals surface area contributed by atoms with Gasteiger partial charge in [-0.2, -0.15) is 0 Å². The molecule has 18 heavy (non-hydrogen) atoms. The normalized spacial score (nSPS) is 11.0. The maximum Gasteiger partial charge on any atom is 0.330 e. The van der Waals surface area contributed by atoms with E-state index >= 15 is 0 Å². The summed E-state index contributed by atoms with van der Waals surface area (Å²) in [6, 6.07) is 7.38. The van der Waals surface area contributed by atoms with Crippen molar-refractivity contribution in [2.45, 2.75) is 6.92 Å². The molecule has 0 atom stereocenters. The van der Waals surface area contributed by atoms with Crippen LogP contribution >= 0.6 is 11.6 Å². The van der Waals surface area contributed by atoms with Crippen LogP contribution in [0.3, 0.4) is 0 Å². The van der Waals surface area contributed by atoms with Crippen LogP contribution in [0.25, 0.3) is 17.0 Å². The molecule has 0 amide bonds. The average molecular weight is 262 g/mol. The van der Waals surface area contributed by atoms with Gasteiger partial charge in [-0.1, -0.05) is 17.7 Å². The lowest BCUT2D eigenvalue weighted by Gasteiger charge is -2.02. The summed E-state index contributed by atoms with van der Waals surface area (Å²) in [5, 5.41) is 1.55. The van der Waals surface area contributed by atoms with Gasteiger partial charge in [0, 0.05) is 28.2 Å². The molecule has 0 aliphatic heterocycles. The third-order valence-electron chi connectivity index (χ3n) is 2.38. The first kappa shape index (κ1) is 12.6. The summed E-state index contributed by atoms with van der Waals surface area (Å²) in [6.45, 7) is 2.12. The average Bonchev–Trinajstić information content (AvgIpc) is 2.36. The second-order valence-electron chi connectivity index (χ2n) is 3.66. The van der Waals surface area contributed by atoms with Crippen LogP contribution in [-0.2, 0) is 9.53 Å². The number of hydrogen-bond acceptors (Lipinski definition) is 3. The van der Waals surface area contributed by atoms with Crippen LogP contribution in [0.5, 0.6) is 0 Å². The van der Waals surface area contributed by atoms with Crippen molar-refractivity contribution in [1.82, 2.24) is 4.98 Å². The number of fused-ring (bicyclic) bond motifs is 1. The van der Waals surface area contributed by atoms with Gasteiger partial charge in [0.2, 0.25) is 0 Å². The van der Waals surface area contributed by atoms with Crippen molar-refractivity contribution in [1.29, 1.82) is 0 Å². The van der Waals surface area contributed by atoms with Gasteiger partial charge in [0.1, 0.15) is 0 Å². The largest absolute Gasteiger partial charge is 0.463 e. The number of esters is 1. The molecule has 0 N–H and O–H groups in total. The Morgan fingerprint density at radius 3 is 3.11 bits per heavy atom. The number of carbonyl (C=O) groups excluding carboxylic acids is 1. The molecular formula is C14H12ClNO2. The van der Waals surface area contributed by atoms with Crippen molar-refractivity contribution in [3.63, 3.8) is 0 Å². The smallest absolute Gasteiger partial charge is 0.330 e. The summed E-state index contributed by atoms with van der Waals surface area (Å²) in [5.74, 6) is -0.374. The van der Waals surface area contributed by atoms with Crippen LogP contribution < -0.4 is 0 Å². The zero-order valence-corrected chi connectivity index (χ0v) is 10.6. The lowest BCUT2D eigenvalue weighted by Crippen LogP contribution is -1.98. The van der Waals surface area contributed by atoms with Gasteiger partial charge in [0.25, 0.3) is 0 Å². The lowest BCUT2D eigenvalue weighted by molar-refractivity contribution is -0.137. The standard InChI is InChI=1S/C14H12ClNO2/c1-2-18-13(17)6-5-11-9-12(15)8-10-4-3-7-16-14(10)11/h3-9H,2H2,1H3/b6-5+. The Morgan fingerprint density at radius 2 is 2.33 bits per heavy atom. The van der Waals surface area contributed by atoms with Crippen LogP contribution in [-0.4, -0.2) is 17.6 Å². The highest BCUT2D eigenvalue weighted by Gasteiger charge is 2.02. The van der Waals surface area contributed by atoms with Crippen molar-refractivity contribution in [3.8, 4) is 0 Å². The fraction of sp³-hybridized carbons (Fsp3) is 0.143. The van der Waals surface area contributed by atoms with Gasteiger partial charge in [-0.25, -0.2) is 4.79 Å². The van der Waals surface area contributed by atoms with E-state index in [2.05, 4.69) is 4.98 Å². The molecule has 0 unspecified atom stereocenters. The molecule has 92 valence electrons. The van der Waals surface area contributed by atoms with Crippen molar-refractivity contribution >= 4 is 34.5 Å². The first-order valence-electron chi connectivity index (χ1n) is 5.60. The summed E-state index contributed by atoms with van der Waals surface area (Å²) in [6.07, 6.45) is 4.75. The van der Waals surface area contributed by atoms with Gasteiger partial charge in [0.15, 0.2) is 0 Å². The summed E-state index contributed by atoms with van der Waals surface area (Å²) in [7, 11) is 0. The van der Waals surface area contributed by atoms with E-state index in [0.717, 1.165) is 16.5 Å². The highest BCUT2D eigenvalue weighted by atomic mass is 35.5. The van der Waals surface area contributed by atoms with Gasteiger partial charge in [-0.3, -0.25) is 4.98 Å². The van der Waals surface area contributed by atoms with E-state index in [1.165, 1.54) is 6.08 Å². The van der Waals surface area contributed by atoms with E-state index in [1.807, 2.05) is 18.2 Å². The van der Waals surface area contributed by atoms with Crippen LogP contribution in [0.4, 0.5) is 0 Å². The molecule has 0 saturated carbocycles. The third kappa shape index (κ3) is 2.87. The van der Waals surface area contributed by atoms with Crippen molar-refractivity contribution in [2.75, 3.05) is 6.61 Å². The third-order valence-corrected chi connectivity index (χ3v) is 2.60. The van der Waals surface area contributed by atoms with Gasteiger partial charge in [0.05, 0.1) is 12.1 Å². The Balaban J connectivity index is 2.41. The molecule has 1 aromatic heterocycles. The van der Waals surface area contributed by atoms with Gasteiger partial charge < -0.3 is 4.74 Å². The fourth-order valence-electron chi connectivity index (χ4n) is 1.66. The molecule has 0 spiro atoms. The molecule has 3 nitrogen and oxygen atoms in total. The molecule has 1 heterocycles. The van der Waals surface area contributed by atoms with Gasteiger partial charge >= 0.3 is 5.97 Å². The van der Waals surface area contributed by atoms with Crippen molar-refractivity contribution < 1.29 is 9.53 Å². The molecule has 0 fully saturated rings. The first-order valence-corrected chi connectivity index (χ1v) is 5.97. The van der Waals surface area contributed by atoms with Gasteiger partial charge in [-0.05, 0) is 31.2 Å². The Hall–Kier alpha value is -1.87. The summed E-state index contributed by atoms with van der Waals surface area (Å²) < 4.78 is 4.83. The molecular weight excluding hydrogens is 250 g/mol. The molecule has 0 bridgehead atoms. The predicted octanol–water partition coefficient (Wildman–Crippen LogP) is 3.46. The monoisotopic (exact) mass is 261 g/mol. The van der Waals surface area contributed by atoms with Crippen LogP contribution in [0.2, 0.25) is 5.02 Å². The van der Waals surface area contributed by atoms with Crippen molar-refractivity contribution in [3.05, 3.63) is 47.1 Å². The minimum atomic E-state index is -0.374. The molecule has 4 heteroatoms. The zero-order valence-electron chi connectivity index (χ0n) is 9.89. The van der Waals surface area contributed by atoms with E-state index in [1.54, 1.807) is 25.3 Å². The van der Waals surface area contributed by atoms with E-state index in [-0.39, 0.29) is 5.97 Å². The Bertz CT molecular complexity index is 608. The maximum atomic E-state index is 11.3. The Morgan fingerprint density at radius 1 is 1.50 bits per heavy atom. The number of aromatic nitrogens is 1. The number of ether oxygens (including phenoxy) is 1. The number of carbonyl (C=O) groups is 1.